The summed E-state index contributed by atoms with van der Waals surface area (Å²) in [6, 6.07) is 5.62. The van der Waals surface area contributed by atoms with E-state index in [0.717, 1.165) is 5.56 Å². The van der Waals surface area contributed by atoms with Gasteiger partial charge in [0.05, 0.1) is 18.1 Å². The molecular formula is C16H20N2O3S. The van der Waals surface area contributed by atoms with Crippen molar-refractivity contribution in [2.45, 2.75) is 20.0 Å². The van der Waals surface area contributed by atoms with E-state index in [9.17, 15) is 4.79 Å². The molecular weight excluding hydrogens is 300 g/mol. The van der Waals surface area contributed by atoms with Crippen LogP contribution < -0.4 is 9.47 Å². The summed E-state index contributed by atoms with van der Waals surface area (Å²) < 4.78 is 11.1. The van der Waals surface area contributed by atoms with Gasteiger partial charge in [-0.2, -0.15) is 0 Å². The van der Waals surface area contributed by atoms with E-state index >= 15 is 0 Å². The summed E-state index contributed by atoms with van der Waals surface area (Å²) in [7, 11) is 5.00. The fourth-order valence-electron chi connectivity index (χ4n) is 2.03. The molecule has 1 fully saturated rings. The molecule has 118 valence electrons. The van der Waals surface area contributed by atoms with Gasteiger partial charge < -0.3 is 9.47 Å². The van der Waals surface area contributed by atoms with Gasteiger partial charge in [0, 0.05) is 14.1 Å². The number of ether oxygens (including phenoxy) is 2. The third kappa shape index (κ3) is 3.44. The van der Waals surface area contributed by atoms with Crippen LogP contribution in [0.3, 0.4) is 0 Å². The highest BCUT2D eigenvalue weighted by molar-refractivity contribution is 8.18. The zero-order valence-corrected chi connectivity index (χ0v) is 14.2. The first kappa shape index (κ1) is 16.4. The number of rotatable bonds is 4. The maximum atomic E-state index is 12.1. The quantitative estimate of drug-likeness (QED) is 0.800. The van der Waals surface area contributed by atoms with Gasteiger partial charge in [0.25, 0.3) is 5.91 Å². The van der Waals surface area contributed by atoms with Gasteiger partial charge in [0.1, 0.15) is 0 Å². The Morgan fingerprint density at radius 3 is 2.59 bits per heavy atom. The molecule has 22 heavy (non-hydrogen) atoms. The molecule has 6 heteroatoms. The molecule has 1 aliphatic heterocycles. The lowest BCUT2D eigenvalue weighted by atomic mass is 10.2. The first-order chi connectivity index (χ1) is 10.5. The van der Waals surface area contributed by atoms with Crippen LogP contribution in [-0.2, 0) is 4.79 Å². The molecule has 0 aliphatic carbocycles. The average molecular weight is 320 g/mol. The van der Waals surface area contributed by atoms with Crippen molar-refractivity contribution >= 4 is 28.9 Å². The molecule has 1 saturated heterocycles. The van der Waals surface area contributed by atoms with Crippen molar-refractivity contribution in [1.82, 2.24) is 4.90 Å². The second-order valence-corrected chi connectivity index (χ2v) is 6.07. The molecule has 5 nitrogen and oxygen atoms in total. The van der Waals surface area contributed by atoms with E-state index in [1.165, 1.54) is 11.8 Å². The number of hydrogen-bond donors (Lipinski definition) is 0. The minimum Gasteiger partial charge on any atom is -0.493 e. The Bertz CT molecular complexity index is 638. The van der Waals surface area contributed by atoms with Crippen molar-refractivity contribution in [3.63, 3.8) is 0 Å². The normalized spacial score (nSPS) is 18.6. The summed E-state index contributed by atoms with van der Waals surface area (Å²) in [5, 5.41) is 0.697. The number of carbonyl (C=O) groups excluding carboxylic acids is 1. The Morgan fingerprint density at radius 2 is 2.05 bits per heavy atom. The third-order valence-corrected chi connectivity index (χ3v) is 4.19. The second kappa shape index (κ2) is 6.87. The molecule has 2 rings (SSSR count). The first-order valence-corrected chi connectivity index (χ1v) is 7.77. The Balaban J connectivity index is 2.31. The Hall–Kier alpha value is -1.95. The molecule has 0 bridgehead atoms. The fourth-order valence-corrected chi connectivity index (χ4v) is 2.95. The molecule has 1 amide bonds. The van der Waals surface area contributed by atoms with Crippen molar-refractivity contribution in [3.05, 3.63) is 28.7 Å². The summed E-state index contributed by atoms with van der Waals surface area (Å²) in [5.41, 5.74) is 0.884. The van der Waals surface area contributed by atoms with Gasteiger partial charge in [-0.05, 0) is 49.4 Å². The lowest BCUT2D eigenvalue weighted by molar-refractivity contribution is -0.121. The largest absolute Gasteiger partial charge is 0.493 e. The fraction of sp³-hybridized carbons (Fsp3) is 0.375. The summed E-state index contributed by atoms with van der Waals surface area (Å²) in [6.45, 7) is 3.93. The van der Waals surface area contributed by atoms with Crippen LogP contribution in [0.2, 0.25) is 0 Å². The van der Waals surface area contributed by atoms with Crippen LogP contribution in [0.15, 0.2) is 28.1 Å². The van der Waals surface area contributed by atoms with Crippen molar-refractivity contribution in [2.75, 3.05) is 21.2 Å². The molecule has 0 aromatic heterocycles. The number of likely N-dealkylation sites (N-methyl/N-ethyl adjacent to an activating group) is 1. The van der Waals surface area contributed by atoms with Crippen LogP contribution in [0.5, 0.6) is 11.5 Å². The number of carbonyl (C=O) groups is 1. The monoisotopic (exact) mass is 320 g/mol. The molecule has 1 aromatic carbocycles. The van der Waals surface area contributed by atoms with Crippen LogP contribution >= 0.6 is 11.8 Å². The maximum absolute atomic E-state index is 12.1. The lowest BCUT2D eigenvalue weighted by Crippen LogP contribution is -2.23. The Morgan fingerprint density at radius 1 is 1.32 bits per heavy atom. The molecule has 1 heterocycles. The molecule has 0 N–H and O–H groups in total. The predicted molar refractivity (Wildman–Crippen MR) is 90.5 cm³/mol. The summed E-state index contributed by atoms with van der Waals surface area (Å²) >= 11 is 1.37. The van der Waals surface area contributed by atoms with Gasteiger partial charge in [-0.3, -0.25) is 14.7 Å². The highest BCUT2D eigenvalue weighted by Gasteiger charge is 2.29. The highest BCUT2D eigenvalue weighted by atomic mass is 32.2. The third-order valence-electron chi connectivity index (χ3n) is 3.04. The Labute approximate surface area is 135 Å². The standard InChI is InChI=1S/C16H20N2O3S/c1-10(2)21-12-7-6-11(8-13(12)20-5)9-14-15(19)18(4)16(17-3)22-14/h6-10H,1-5H3/b14-9+,17-16?. The van der Waals surface area contributed by atoms with Gasteiger partial charge in [-0.15, -0.1) is 0 Å². The van der Waals surface area contributed by atoms with E-state index in [2.05, 4.69) is 4.99 Å². The van der Waals surface area contributed by atoms with Gasteiger partial charge in [-0.25, -0.2) is 0 Å². The first-order valence-electron chi connectivity index (χ1n) is 6.95. The lowest BCUT2D eigenvalue weighted by Gasteiger charge is -2.13. The van der Waals surface area contributed by atoms with Gasteiger partial charge >= 0.3 is 0 Å². The van der Waals surface area contributed by atoms with Crippen LogP contribution in [0, 0.1) is 0 Å². The summed E-state index contributed by atoms with van der Waals surface area (Å²) in [6.07, 6.45) is 1.91. The predicted octanol–water partition coefficient (Wildman–Crippen LogP) is 3.01. The number of nitrogens with zero attached hydrogens (tertiary/aromatic N) is 2. The second-order valence-electron chi connectivity index (χ2n) is 5.06. The molecule has 1 aromatic rings. The van der Waals surface area contributed by atoms with Crippen molar-refractivity contribution in [1.29, 1.82) is 0 Å². The van der Waals surface area contributed by atoms with Gasteiger partial charge in [-0.1, -0.05) is 6.07 Å². The molecule has 0 radical (unpaired) electrons. The maximum Gasteiger partial charge on any atom is 0.266 e. The van der Waals surface area contributed by atoms with E-state index in [1.807, 2.05) is 38.1 Å². The van der Waals surface area contributed by atoms with Crippen molar-refractivity contribution in [2.24, 2.45) is 4.99 Å². The number of aliphatic imine (C=N–C) groups is 1. The van der Waals surface area contributed by atoms with Crippen LogP contribution in [0.4, 0.5) is 0 Å². The number of amidine groups is 1. The number of thioether (sulfide) groups is 1. The summed E-state index contributed by atoms with van der Waals surface area (Å²) in [5.74, 6) is 1.29. The number of benzene rings is 1. The highest BCUT2D eigenvalue weighted by Crippen LogP contribution is 2.34. The van der Waals surface area contributed by atoms with Gasteiger partial charge in [0.2, 0.25) is 0 Å². The topological polar surface area (TPSA) is 51.1 Å². The zero-order chi connectivity index (χ0) is 16.3. The van der Waals surface area contributed by atoms with Gasteiger partial charge in [0.15, 0.2) is 16.7 Å². The SMILES string of the molecule is CN=C1S/C(=C/c2ccc(OC(C)C)c(OC)c2)C(=O)N1C. The minimum absolute atomic E-state index is 0.0490. The van der Waals surface area contributed by atoms with E-state index in [1.54, 1.807) is 26.1 Å². The van der Waals surface area contributed by atoms with Crippen LogP contribution in [-0.4, -0.2) is 43.3 Å². The molecule has 1 aliphatic rings. The smallest absolute Gasteiger partial charge is 0.266 e. The molecule has 0 unspecified atom stereocenters. The minimum atomic E-state index is -0.0490. The molecule has 0 atom stereocenters. The van der Waals surface area contributed by atoms with Crippen LogP contribution in [0.1, 0.15) is 19.4 Å². The van der Waals surface area contributed by atoms with E-state index in [0.29, 0.717) is 21.6 Å². The van der Waals surface area contributed by atoms with E-state index < -0.39 is 0 Å². The van der Waals surface area contributed by atoms with Crippen LogP contribution in [0.25, 0.3) is 6.08 Å². The number of methoxy groups -OCH3 is 1. The number of amides is 1. The Kier molecular flexibility index (Phi) is 5.13. The van der Waals surface area contributed by atoms with E-state index in [4.69, 9.17) is 9.47 Å². The number of hydrogen-bond acceptors (Lipinski definition) is 5. The van der Waals surface area contributed by atoms with E-state index in [-0.39, 0.29) is 12.0 Å². The molecule has 0 saturated carbocycles. The zero-order valence-electron chi connectivity index (χ0n) is 13.4. The average Bonchev–Trinajstić information content (AvgIpc) is 2.76. The van der Waals surface area contributed by atoms with Crippen molar-refractivity contribution in [3.8, 4) is 11.5 Å². The molecule has 0 spiro atoms. The summed E-state index contributed by atoms with van der Waals surface area (Å²) in [4.78, 5) is 18.4. The van der Waals surface area contributed by atoms with Crippen molar-refractivity contribution < 1.29 is 14.3 Å².